The molecule has 0 bridgehead atoms. The number of hydrogen-bond donors (Lipinski definition) is 2. The highest BCUT2D eigenvalue weighted by molar-refractivity contribution is 6.30. The Bertz CT molecular complexity index is 558. The van der Waals surface area contributed by atoms with Gasteiger partial charge in [-0.25, -0.2) is 0 Å². The Morgan fingerprint density at radius 3 is 2.62 bits per heavy atom. The van der Waals surface area contributed by atoms with Crippen molar-refractivity contribution in [2.45, 2.75) is 38.0 Å². The van der Waals surface area contributed by atoms with Gasteiger partial charge in [0.1, 0.15) is 6.04 Å². The minimum atomic E-state index is -0.505. The van der Waals surface area contributed by atoms with Crippen LogP contribution in [0.25, 0.3) is 0 Å². The lowest BCUT2D eigenvalue weighted by Gasteiger charge is -2.38. The molecule has 3 atom stereocenters. The first-order valence-electron chi connectivity index (χ1n) is 8.63. The first-order chi connectivity index (χ1) is 11.6. The zero-order valence-corrected chi connectivity index (χ0v) is 14.7. The van der Waals surface area contributed by atoms with Crippen LogP contribution in [0.15, 0.2) is 24.3 Å². The highest BCUT2D eigenvalue weighted by Crippen LogP contribution is 2.31. The van der Waals surface area contributed by atoms with E-state index >= 15 is 0 Å². The average molecular weight is 353 g/mol. The summed E-state index contributed by atoms with van der Waals surface area (Å²) in [5, 5.41) is 14.5. The van der Waals surface area contributed by atoms with Gasteiger partial charge in [0.25, 0.3) is 0 Å². The summed E-state index contributed by atoms with van der Waals surface area (Å²) in [6.45, 7) is 4.66. The number of benzene rings is 1. The van der Waals surface area contributed by atoms with Gasteiger partial charge in [0.2, 0.25) is 5.91 Å². The van der Waals surface area contributed by atoms with E-state index in [0.29, 0.717) is 31.3 Å². The third-order valence-electron chi connectivity index (χ3n) is 5.09. The van der Waals surface area contributed by atoms with Crippen LogP contribution in [0, 0.1) is 5.92 Å². The largest absolute Gasteiger partial charge is 0.388 e. The van der Waals surface area contributed by atoms with Gasteiger partial charge >= 0.3 is 0 Å². The molecule has 24 heavy (non-hydrogen) atoms. The molecule has 0 aliphatic carbocycles. The number of amides is 1. The molecule has 0 radical (unpaired) electrons. The van der Waals surface area contributed by atoms with E-state index in [4.69, 9.17) is 16.3 Å². The Kier molecular flexibility index (Phi) is 5.76. The van der Waals surface area contributed by atoms with Crippen molar-refractivity contribution in [2.24, 2.45) is 5.92 Å². The van der Waals surface area contributed by atoms with Gasteiger partial charge in [-0.05, 0) is 43.4 Å². The van der Waals surface area contributed by atoms with E-state index in [1.807, 2.05) is 24.0 Å². The molecule has 1 aromatic rings. The summed E-state index contributed by atoms with van der Waals surface area (Å²) >= 11 is 5.90. The van der Waals surface area contributed by atoms with Crippen molar-refractivity contribution < 1.29 is 14.6 Å². The maximum absolute atomic E-state index is 12.7. The molecule has 2 fully saturated rings. The summed E-state index contributed by atoms with van der Waals surface area (Å²) < 4.78 is 5.57. The van der Waals surface area contributed by atoms with Gasteiger partial charge in [-0.3, -0.25) is 4.79 Å². The van der Waals surface area contributed by atoms with Crippen molar-refractivity contribution in [1.82, 2.24) is 10.2 Å². The predicted octanol–water partition coefficient (Wildman–Crippen LogP) is 1.99. The van der Waals surface area contributed by atoms with Crippen LogP contribution in [0.1, 0.15) is 31.4 Å². The number of carbonyl (C=O) groups is 1. The van der Waals surface area contributed by atoms with Crippen molar-refractivity contribution in [3.8, 4) is 0 Å². The lowest BCUT2D eigenvalue weighted by Crippen LogP contribution is -2.57. The molecule has 2 saturated heterocycles. The predicted molar refractivity (Wildman–Crippen MR) is 92.9 cm³/mol. The lowest BCUT2D eigenvalue weighted by atomic mass is 9.87. The molecule has 2 N–H and O–H groups in total. The van der Waals surface area contributed by atoms with Crippen molar-refractivity contribution in [2.75, 3.05) is 26.2 Å². The molecule has 0 saturated carbocycles. The Labute approximate surface area is 147 Å². The SMILES string of the molecule is C[C@H]1OCCN[C@@H]1C(=O)N1CCC(C(O)c2ccc(Cl)cc2)CC1. The standard InChI is InChI=1S/C18H25ClN2O3/c1-12-16(20-8-11-24-12)18(23)21-9-6-14(7-10-21)17(22)13-2-4-15(19)5-3-13/h2-5,12,14,16-17,20,22H,6-11H2,1H3/t12-,16+,17?/m1/s1. The number of rotatable bonds is 3. The summed E-state index contributed by atoms with van der Waals surface area (Å²) in [6.07, 6.45) is 1.01. The second-order valence-electron chi connectivity index (χ2n) is 6.67. The highest BCUT2D eigenvalue weighted by Gasteiger charge is 2.34. The highest BCUT2D eigenvalue weighted by atomic mass is 35.5. The van der Waals surface area contributed by atoms with Crippen molar-refractivity contribution in [1.29, 1.82) is 0 Å². The molecule has 2 heterocycles. The number of hydrogen-bond acceptors (Lipinski definition) is 4. The van der Waals surface area contributed by atoms with Crippen LogP contribution in [-0.4, -0.2) is 54.3 Å². The molecular formula is C18H25ClN2O3. The van der Waals surface area contributed by atoms with Crippen molar-refractivity contribution >= 4 is 17.5 Å². The average Bonchev–Trinajstić information content (AvgIpc) is 2.62. The van der Waals surface area contributed by atoms with Crippen LogP contribution < -0.4 is 5.32 Å². The van der Waals surface area contributed by atoms with E-state index in [-0.39, 0.29) is 24.0 Å². The molecule has 1 amide bonds. The minimum Gasteiger partial charge on any atom is -0.388 e. The number of aliphatic hydroxyl groups is 1. The maximum atomic E-state index is 12.7. The van der Waals surface area contributed by atoms with E-state index < -0.39 is 6.10 Å². The number of aliphatic hydroxyl groups excluding tert-OH is 1. The molecule has 132 valence electrons. The smallest absolute Gasteiger partial charge is 0.242 e. The number of nitrogens with one attached hydrogen (secondary N) is 1. The quantitative estimate of drug-likeness (QED) is 0.873. The number of carbonyl (C=O) groups excluding carboxylic acids is 1. The molecule has 0 aromatic heterocycles. The topological polar surface area (TPSA) is 61.8 Å². The zero-order chi connectivity index (χ0) is 17.1. The maximum Gasteiger partial charge on any atom is 0.242 e. The zero-order valence-electron chi connectivity index (χ0n) is 14.0. The number of morpholine rings is 1. The monoisotopic (exact) mass is 352 g/mol. The Morgan fingerprint density at radius 1 is 1.33 bits per heavy atom. The van der Waals surface area contributed by atoms with E-state index in [9.17, 15) is 9.90 Å². The summed E-state index contributed by atoms with van der Waals surface area (Å²) in [5.74, 6) is 0.282. The van der Waals surface area contributed by atoms with Gasteiger partial charge in [-0.2, -0.15) is 0 Å². The third kappa shape index (κ3) is 3.91. The fourth-order valence-electron chi connectivity index (χ4n) is 3.57. The Morgan fingerprint density at radius 2 is 2.00 bits per heavy atom. The normalized spacial score (nSPS) is 27.0. The van der Waals surface area contributed by atoms with E-state index in [2.05, 4.69) is 5.32 Å². The molecule has 2 aliphatic heterocycles. The summed E-state index contributed by atoms with van der Waals surface area (Å²) in [4.78, 5) is 14.6. The van der Waals surface area contributed by atoms with E-state index in [1.165, 1.54) is 0 Å². The summed E-state index contributed by atoms with van der Waals surface area (Å²) in [7, 11) is 0. The molecule has 0 spiro atoms. The second kappa shape index (κ2) is 7.83. The molecule has 3 rings (SSSR count). The van der Waals surface area contributed by atoms with Gasteiger partial charge in [-0.15, -0.1) is 0 Å². The van der Waals surface area contributed by atoms with E-state index in [1.54, 1.807) is 12.1 Å². The van der Waals surface area contributed by atoms with Crippen molar-refractivity contribution in [3.63, 3.8) is 0 Å². The molecule has 5 nitrogen and oxygen atoms in total. The first-order valence-corrected chi connectivity index (χ1v) is 9.01. The van der Waals surface area contributed by atoms with Crippen LogP contribution in [0.4, 0.5) is 0 Å². The number of nitrogens with zero attached hydrogens (tertiary/aromatic N) is 1. The number of piperidine rings is 1. The van der Waals surface area contributed by atoms with Gasteiger partial charge in [0, 0.05) is 24.7 Å². The lowest BCUT2D eigenvalue weighted by molar-refractivity contribution is -0.141. The fourth-order valence-corrected chi connectivity index (χ4v) is 3.70. The van der Waals surface area contributed by atoms with Crippen LogP contribution in [0.5, 0.6) is 0 Å². The number of halogens is 1. The summed E-state index contributed by atoms with van der Waals surface area (Å²) in [5.41, 5.74) is 0.889. The van der Waals surface area contributed by atoms with Crippen LogP contribution in [-0.2, 0) is 9.53 Å². The number of likely N-dealkylation sites (tertiary alicyclic amines) is 1. The van der Waals surface area contributed by atoms with Crippen molar-refractivity contribution in [3.05, 3.63) is 34.9 Å². The fraction of sp³-hybridized carbons (Fsp3) is 0.611. The van der Waals surface area contributed by atoms with Crippen LogP contribution in [0.3, 0.4) is 0 Å². The Hall–Kier alpha value is -1.14. The van der Waals surface area contributed by atoms with E-state index in [0.717, 1.165) is 18.4 Å². The van der Waals surface area contributed by atoms with Gasteiger partial charge < -0.3 is 20.1 Å². The van der Waals surface area contributed by atoms with Crippen LogP contribution >= 0.6 is 11.6 Å². The third-order valence-corrected chi connectivity index (χ3v) is 5.34. The molecule has 6 heteroatoms. The molecule has 1 aromatic carbocycles. The summed E-state index contributed by atoms with van der Waals surface area (Å²) in [6, 6.07) is 7.09. The molecule has 2 aliphatic rings. The first kappa shape index (κ1) is 17.7. The van der Waals surface area contributed by atoms with Gasteiger partial charge in [-0.1, -0.05) is 23.7 Å². The van der Waals surface area contributed by atoms with Gasteiger partial charge in [0.05, 0.1) is 18.8 Å². The molecule has 1 unspecified atom stereocenters. The molecular weight excluding hydrogens is 328 g/mol. The Balaban J connectivity index is 1.55. The van der Waals surface area contributed by atoms with Crippen LogP contribution in [0.2, 0.25) is 5.02 Å². The minimum absolute atomic E-state index is 0.0939. The second-order valence-corrected chi connectivity index (χ2v) is 7.10. The number of ether oxygens (including phenoxy) is 1. The van der Waals surface area contributed by atoms with Gasteiger partial charge in [0.15, 0.2) is 0 Å².